The minimum absolute atomic E-state index is 0.880. The van der Waals surface area contributed by atoms with Crippen molar-refractivity contribution in [3.63, 3.8) is 0 Å². The van der Waals surface area contributed by atoms with Crippen LogP contribution in [-0.4, -0.2) is 49.0 Å². The number of nitrogens with one attached hydrogen (secondary N) is 1. The quantitative estimate of drug-likeness (QED) is 0.914. The predicted octanol–water partition coefficient (Wildman–Crippen LogP) is 1.77. The van der Waals surface area contributed by atoms with E-state index in [-0.39, 0.29) is 0 Å². The Morgan fingerprint density at radius 2 is 2.14 bits per heavy atom. The highest BCUT2D eigenvalue weighted by Gasteiger charge is 2.23. The van der Waals surface area contributed by atoms with E-state index < -0.39 is 0 Å². The molecule has 0 atom stereocenters. The lowest BCUT2D eigenvalue weighted by Crippen LogP contribution is -2.26. The lowest BCUT2D eigenvalue weighted by atomic mass is 10.0. The van der Waals surface area contributed by atoms with E-state index in [0.717, 1.165) is 49.6 Å². The smallest absolute Gasteiger partial charge is 0.128 e. The maximum atomic E-state index is 5.52. The number of nitrogens with zero attached hydrogens (tertiary/aromatic N) is 3. The third kappa shape index (κ3) is 2.87. The van der Waals surface area contributed by atoms with Crippen molar-refractivity contribution < 1.29 is 4.74 Å². The van der Waals surface area contributed by atoms with E-state index in [4.69, 9.17) is 9.84 Å². The Kier molecular flexibility index (Phi) is 4.45. The molecule has 0 saturated carbocycles. The van der Waals surface area contributed by atoms with Crippen molar-refractivity contribution in [2.24, 2.45) is 0 Å². The standard InChI is InChI=1S/C17H24N4O/c1-20(2)10-11-21-15-8-9-18-12-14(15)17(19-21)13-6-4-5-7-16(13)22-3/h4-7,18H,8-12H2,1-3H3. The molecule has 3 rings (SSSR count). The molecular formula is C17H24N4O. The molecule has 22 heavy (non-hydrogen) atoms. The van der Waals surface area contributed by atoms with E-state index in [1.165, 1.54) is 11.3 Å². The van der Waals surface area contributed by atoms with Crippen molar-refractivity contribution in [1.82, 2.24) is 20.0 Å². The fourth-order valence-corrected chi connectivity index (χ4v) is 2.96. The van der Waals surface area contributed by atoms with Gasteiger partial charge in [-0.15, -0.1) is 0 Å². The average Bonchev–Trinajstić information content (AvgIpc) is 2.91. The Labute approximate surface area is 131 Å². The van der Waals surface area contributed by atoms with E-state index in [2.05, 4.69) is 35.1 Å². The molecular weight excluding hydrogens is 276 g/mol. The molecule has 0 radical (unpaired) electrons. The van der Waals surface area contributed by atoms with Crippen molar-refractivity contribution >= 4 is 0 Å². The second kappa shape index (κ2) is 6.50. The zero-order chi connectivity index (χ0) is 15.5. The number of benzene rings is 1. The number of fused-ring (bicyclic) bond motifs is 1. The summed E-state index contributed by atoms with van der Waals surface area (Å²) in [6.07, 6.45) is 1.03. The number of ether oxygens (including phenoxy) is 1. The molecule has 0 amide bonds. The topological polar surface area (TPSA) is 42.3 Å². The first-order chi connectivity index (χ1) is 10.7. The van der Waals surface area contributed by atoms with Crippen LogP contribution in [-0.2, 0) is 19.5 Å². The first-order valence-electron chi connectivity index (χ1n) is 7.78. The Hall–Kier alpha value is -1.85. The molecule has 0 bridgehead atoms. The third-order valence-corrected chi connectivity index (χ3v) is 4.13. The third-order valence-electron chi connectivity index (χ3n) is 4.13. The summed E-state index contributed by atoms with van der Waals surface area (Å²) in [4.78, 5) is 2.19. The van der Waals surface area contributed by atoms with E-state index in [0.29, 0.717) is 0 Å². The number of hydrogen-bond donors (Lipinski definition) is 1. The van der Waals surface area contributed by atoms with Crippen LogP contribution in [0.3, 0.4) is 0 Å². The summed E-state index contributed by atoms with van der Waals surface area (Å²) in [5.74, 6) is 0.883. The molecule has 1 aromatic heterocycles. The van der Waals surface area contributed by atoms with Gasteiger partial charge >= 0.3 is 0 Å². The van der Waals surface area contributed by atoms with Crippen LogP contribution >= 0.6 is 0 Å². The van der Waals surface area contributed by atoms with Crippen molar-refractivity contribution in [3.05, 3.63) is 35.5 Å². The zero-order valence-electron chi connectivity index (χ0n) is 13.6. The monoisotopic (exact) mass is 300 g/mol. The van der Waals surface area contributed by atoms with E-state index in [1.54, 1.807) is 7.11 Å². The summed E-state index contributed by atoms with van der Waals surface area (Å²) >= 11 is 0. The van der Waals surface area contributed by atoms with Crippen molar-refractivity contribution in [1.29, 1.82) is 0 Å². The number of likely N-dealkylation sites (N-methyl/N-ethyl adjacent to an activating group) is 1. The minimum Gasteiger partial charge on any atom is -0.496 e. The van der Waals surface area contributed by atoms with Crippen molar-refractivity contribution in [2.75, 3.05) is 34.3 Å². The molecule has 1 N–H and O–H groups in total. The zero-order valence-corrected chi connectivity index (χ0v) is 13.6. The summed E-state index contributed by atoms with van der Waals surface area (Å²) < 4.78 is 7.70. The van der Waals surface area contributed by atoms with Gasteiger partial charge in [-0.1, -0.05) is 12.1 Å². The largest absolute Gasteiger partial charge is 0.496 e. The molecule has 0 unspecified atom stereocenters. The van der Waals surface area contributed by atoms with Crippen LogP contribution in [0.5, 0.6) is 5.75 Å². The highest BCUT2D eigenvalue weighted by atomic mass is 16.5. The van der Waals surface area contributed by atoms with Gasteiger partial charge in [0.1, 0.15) is 11.4 Å². The molecule has 1 aliphatic heterocycles. The fraction of sp³-hybridized carbons (Fsp3) is 0.471. The molecule has 1 aromatic carbocycles. The summed E-state index contributed by atoms with van der Waals surface area (Å²) in [5, 5.41) is 8.37. The second-order valence-electron chi connectivity index (χ2n) is 5.93. The molecule has 118 valence electrons. The summed E-state index contributed by atoms with van der Waals surface area (Å²) in [5.41, 5.74) is 4.81. The van der Waals surface area contributed by atoms with E-state index in [1.807, 2.05) is 18.2 Å². The lowest BCUT2D eigenvalue weighted by molar-refractivity contribution is 0.368. The fourth-order valence-electron chi connectivity index (χ4n) is 2.96. The number of hydrogen-bond acceptors (Lipinski definition) is 4. The lowest BCUT2D eigenvalue weighted by Gasteiger charge is -2.17. The van der Waals surface area contributed by atoms with E-state index in [9.17, 15) is 0 Å². The number of aromatic nitrogens is 2. The van der Waals surface area contributed by atoms with Gasteiger partial charge in [-0.3, -0.25) is 4.68 Å². The minimum atomic E-state index is 0.880. The van der Waals surface area contributed by atoms with Gasteiger partial charge in [-0.25, -0.2) is 0 Å². The average molecular weight is 300 g/mol. The first kappa shape index (κ1) is 15.1. The van der Waals surface area contributed by atoms with Gasteiger partial charge < -0.3 is 15.0 Å². The van der Waals surface area contributed by atoms with Crippen LogP contribution < -0.4 is 10.1 Å². The molecule has 0 saturated heterocycles. The highest BCUT2D eigenvalue weighted by molar-refractivity contribution is 5.71. The number of para-hydroxylation sites is 1. The summed E-state index contributed by atoms with van der Waals surface area (Å²) in [6, 6.07) is 8.12. The summed E-state index contributed by atoms with van der Waals surface area (Å²) in [7, 11) is 5.91. The van der Waals surface area contributed by atoms with E-state index >= 15 is 0 Å². The van der Waals surface area contributed by atoms with Crippen LogP contribution in [0, 0.1) is 0 Å². The number of methoxy groups -OCH3 is 1. The summed E-state index contributed by atoms with van der Waals surface area (Å²) in [6.45, 7) is 3.81. The molecule has 0 spiro atoms. The van der Waals surface area contributed by atoms with Gasteiger partial charge in [0.25, 0.3) is 0 Å². The Balaban J connectivity index is 2.04. The van der Waals surface area contributed by atoms with Crippen LogP contribution in [0.25, 0.3) is 11.3 Å². The van der Waals surface area contributed by atoms with Crippen molar-refractivity contribution in [3.8, 4) is 17.0 Å². The van der Waals surface area contributed by atoms with Crippen LogP contribution in [0.2, 0.25) is 0 Å². The van der Waals surface area contributed by atoms with Gasteiger partial charge in [0.05, 0.1) is 13.7 Å². The highest BCUT2D eigenvalue weighted by Crippen LogP contribution is 2.33. The Bertz CT molecular complexity index is 648. The Morgan fingerprint density at radius 3 is 2.91 bits per heavy atom. The maximum absolute atomic E-state index is 5.52. The molecule has 2 aromatic rings. The van der Waals surface area contributed by atoms with Crippen molar-refractivity contribution in [2.45, 2.75) is 19.5 Å². The SMILES string of the molecule is COc1ccccc1-c1nn(CCN(C)C)c2c1CNCC2. The number of rotatable bonds is 5. The molecule has 5 heteroatoms. The second-order valence-corrected chi connectivity index (χ2v) is 5.93. The van der Waals surface area contributed by atoms with Gasteiger partial charge in [0.2, 0.25) is 0 Å². The van der Waals surface area contributed by atoms with Gasteiger partial charge in [-0.2, -0.15) is 5.10 Å². The predicted molar refractivity (Wildman–Crippen MR) is 88.2 cm³/mol. The Morgan fingerprint density at radius 1 is 1.32 bits per heavy atom. The maximum Gasteiger partial charge on any atom is 0.128 e. The van der Waals surface area contributed by atoms with Gasteiger partial charge in [0.15, 0.2) is 0 Å². The molecule has 5 nitrogen and oxygen atoms in total. The van der Waals surface area contributed by atoms with Crippen LogP contribution in [0.1, 0.15) is 11.3 Å². The first-order valence-corrected chi connectivity index (χ1v) is 7.78. The van der Waals surface area contributed by atoms with Gasteiger partial charge in [-0.05, 0) is 26.2 Å². The van der Waals surface area contributed by atoms with Gasteiger partial charge in [0, 0.05) is 42.9 Å². The molecule has 2 heterocycles. The normalized spacial score (nSPS) is 14.2. The van der Waals surface area contributed by atoms with Crippen LogP contribution in [0.4, 0.5) is 0 Å². The molecule has 0 fully saturated rings. The molecule has 1 aliphatic rings. The molecule has 0 aliphatic carbocycles. The van der Waals surface area contributed by atoms with Crippen LogP contribution in [0.15, 0.2) is 24.3 Å².